The minimum absolute atomic E-state index is 0. The van der Waals surface area contributed by atoms with Crippen LogP contribution in [-0.4, -0.2) is 17.4 Å². The van der Waals surface area contributed by atoms with Gasteiger partial charge in [0.25, 0.3) is 0 Å². The summed E-state index contributed by atoms with van der Waals surface area (Å²) in [5, 5.41) is 3.97. The second-order valence-corrected chi connectivity index (χ2v) is 2.25. The molecule has 0 unspecified atom stereocenters. The molecule has 0 spiro atoms. The summed E-state index contributed by atoms with van der Waals surface area (Å²) < 4.78 is 5.85. The third-order valence-corrected chi connectivity index (χ3v) is 1.44. The predicted octanol–water partition coefficient (Wildman–Crippen LogP) is 0.0245. The van der Waals surface area contributed by atoms with Crippen LogP contribution in [0, 0.1) is 31.1 Å². The Kier molecular flexibility index (Phi) is 5.38. The van der Waals surface area contributed by atoms with E-state index < -0.39 is 0 Å². The van der Waals surface area contributed by atoms with Gasteiger partial charge >= 0.3 is 46.8 Å². The van der Waals surface area contributed by atoms with E-state index in [9.17, 15) is 0 Å². The Morgan fingerprint density at radius 2 is 2.43 bits per heavy atom. The maximum atomic E-state index is 4.94. The molecule has 1 rings (SSSR count). The van der Waals surface area contributed by atoms with Crippen LogP contribution in [0.25, 0.3) is 5.32 Å². The van der Waals surface area contributed by atoms with Gasteiger partial charge in [0, 0.05) is 31.1 Å². The molecule has 38 valence electrons. The van der Waals surface area contributed by atoms with Crippen molar-refractivity contribution in [3.63, 3.8) is 0 Å². The fraction of sp³-hybridized carbons (Fsp3) is 0.667. The molecule has 2 nitrogen and oxygen atoms in total. The summed E-state index contributed by atoms with van der Waals surface area (Å²) in [6, 6.07) is 0. The van der Waals surface area contributed by atoms with Crippen LogP contribution in [0.1, 0.15) is 0 Å². The molecular weight excluding hydrogens is 488 g/mol. The second-order valence-electron chi connectivity index (χ2n) is 0.996. The first-order chi connectivity index (χ1) is 2.89. The van der Waals surface area contributed by atoms with Gasteiger partial charge in [0.05, 0.1) is 0 Å². The zero-order valence-corrected chi connectivity index (χ0v) is 10.8. The van der Waals surface area contributed by atoms with Crippen molar-refractivity contribution in [3.8, 4) is 0 Å². The summed E-state index contributed by atoms with van der Waals surface area (Å²) in [7, 11) is 0. The van der Waals surface area contributed by atoms with Crippen molar-refractivity contribution in [1.82, 2.24) is 0 Å². The van der Waals surface area contributed by atoms with E-state index in [1.807, 2.05) is 0 Å². The molecule has 0 saturated carbocycles. The van der Waals surface area contributed by atoms with Gasteiger partial charge < -0.3 is 0 Å². The standard InChI is InChI=1S/C3H4NO.U.W/c1-2-5-3-4-1;;/h1-2H2;;/q-1;;. The van der Waals surface area contributed by atoms with Gasteiger partial charge in [-0.1, -0.05) is 0 Å². The van der Waals surface area contributed by atoms with Crippen molar-refractivity contribution in [2.45, 2.75) is 0 Å². The molecule has 4 heteroatoms. The Balaban J connectivity index is 0.000000360. The van der Waals surface area contributed by atoms with E-state index >= 15 is 0 Å². The Morgan fingerprint density at radius 1 is 1.71 bits per heavy atom. The molecule has 1 aliphatic heterocycles. The Bertz CT molecular complexity index is 69.3. The Hall–Kier alpha value is 1.53. The monoisotopic (exact) mass is 492 g/mol. The van der Waals surface area contributed by atoms with Gasteiger partial charge in [-0.3, -0.25) is 0 Å². The van der Waals surface area contributed by atoms with Crippen LogP contribution in [-0.2, 0) is 24.1 Å². The first-order valence-electron chi connectivity index (χ1n) is 1.74. The van der Waals surface area contributed by atoms with E-state index in [0.29, 0.717) is 0 Å². The van der Waals surface area contributed by atoms with Crippen LogP contribution in [0.5, 0.6) is 0 Å². The zero-order chi connectivity index (χ0) is 4.41. The fourth-order valence-corrected chi connectivity index (χ4v) is 0.943. The number of hydrogen-bond acceptors (Lipinski definition) is 1. The van der Waals surface area contributed by atoms with Gasteiger partial charge in [0.15, 0.2) is 0 Å². The third-order valence-electron chi connectivity index (χ3n) is 0.558. The van der Waals surface area contributed by atoms with Gasteiger partial charge in [-0.15, -0.1) is 0 Å². The zero-order valence-electron chi connectivity index (χ0n) is 3.68. The molecule has 0 atom stereocenters. The molecule has 1 saturated heterocycles. The molecule has 0 aromatic heterocycles. The molecule has 7 heavy (non-hydrogen) atoms. The molecular formula is C3H4NOUW-. The molecule has 0 aromatic rings. The van der Waals surface area contributed by atoms with Crippen LogP contribution >= 0.6 is 0 Å². The van der Waals surface area contributed by atoms with Crippen LogP contribution in [0.3, 0.4) is 0 Å². The van der Waals surface area contributed by atoms with Crippen LogP contribution < -0.4 is 0 Å². The van der Waals surface area contributed by atoms with E-state index in [2.05, 4.69) is 5.32 Å². The number of ether oxygens (including phenoxy) is 1. The van der Waals surface area contributed by atoms with Crippen LogP contribution in [0.2, 0.25) is 0 Å². The molecule has 1 fully saturated rings. The van der Waals surface area contributed by atoms with E-state index in [1.54, 1.807) is 0 Å². The average molecular weight is 492 g/mol. The summed E-state index contributed by atoms with van der Waals surface area (Å²) in [5.74, 6) is 0. The molecule has 0 N–H and O–H groups in total. The summed E-state index contributed by atoms with van der Waals surface area (Å²) in [6.07, 6.45) is 0. The van der Waals surface area contributed by atoms with Gasteiger partial charge in [-0.2, -0.15) is 0 Å². The summed E-state index contributed by atoms with van der Waals surface area (Å²) >= 11 is 1.34. The molecule has 1 heterocycles. The molecule has 1 aliphatic rings. The van der Waals surface area contributed by atoms with Gasteiger partial charge in [-0.05, 0) is 0 Å². The van der Waals surface area contributed by atoms with Crippen molar-refractivity contribution in [1.29, 1.82) is 0 Å². The van der Waals surface area contributed by atoms with Crippen molar-refractivity contribution in [2.24, 2.45) is 0 Å². The molecule has 0 radical (unpaired) electrons. The predicted molar refractivity (Wildman–Crippen MR) is 19.2 cm³/mol. The normalized spacial score (nSPS) is 19.1. The number of rotatable bonds is 0. The Morgan fingerprint density at radius 3 is 2.57 bits per heavy atom. The van der Waals surface area contributed by atoms with E-state index in [0.717, 1.165) is 17.4 Å². The molecule has 0 aromatic carbocycles. The first kappa shape index (κ1) is 8.53. The van der Waals surface area contributed by atoms with Gasteiger partial charge in [0.1, 0.15) is 0 Å². The molecule has 0 bridgehead atoms. The fourth-order valence-electron chi connectivity index (χ4n) is 0.316. The summed E-state index contributed by atoms with van der Waals surface area (Å²) in [6.45, 7) is 1.68. The average Bonchev–Trinajstić information content (AvgIpc) is 1.86. The van der Waals surface area contributed by atoms with Crippen molar-refractivity contribution in [3.05, 3.63) is 5.32 Å². The first-order valence-corrected chi connectivity index (χ1v) is 3.20. The topological polar surface area (TPSA) is 23.3 Å². The maximum absolute atomic E-state index is 4.94. The number of hydrogen-bond donors (Lipinski definition) is 0. The van der Waals surface area contributed by atoms with Gasteiger partial charge in [0.2, 0.25) is 0 Å². The van der Waals surface area contributed by atoms with Gasteiger partial charge in [-0.25, -0.2) is 0 Å². The minimum atomic E-state index is 0. The summed E-state index contributed by atoms with van der Waals surface area (Å²) in [5.41, 5.74) is 0. The molecule has 0 amide bonds. The third kappa shape index (κ3) is 3.17. The number of nitrogens with zero attached hydrogens (tertiary/aromatic N) is 1. The van der Waals surface area contributed by atoms with Crippen molar-refractivity contribution in [2.75, 3.05) is 13.2 Å². The quantitative estimate of drug-likeness (QED) is 0.469. The Labute approximate surface area is 77.2 Å². The molecule has 0 aliphatic carbocycles. The van der Waals surface area contributed by atoms with E-state index in [4.69, 9.17) is 4.74 Å². The van der Waals surface area contributed by atoms with Crippen molar-refractivity contribution >= 4 is 4.21 Å². The second kappa shape index (κ2) is 4.41. The van der Waals surface area contributed by atoms with Crippen molar-refractivity contribution < 1.29 is 55.2 Å². The van der Waals surface area contributed by atoms with E-state index in [1.165, 1.54) is 19.4 Å². The SMILES string of the molecule is [U].[W]=[C]1[N-]CCO1. The van der Waals surface area contributed by atoms with E-state index in [-0.39, 0.29) is 31.1 Å². The van der Waals surface area contributed by atoms with Crippen LogP contribution in [0.4, 0.5) is 0 Å². The summed E-state index contributed by atoms with van der Waals surface area (Å²) in [4.78, 5) is 0. The van der Waals surface area contributed by atoms with Crippen LogP contribution in [0.15, 0.2) is 0 Å².